The van der Waals surface area contributed by atoms with Crippen molar-refractivity contribution in [3.8, 4) is 5.75 Å². The fraction of sp³-hybridized carbons (Fsp3) is 0.130. The summed E-state index contributed by atoms with van der Waals surface area (Å²) in [6.45, 7) is 2.53. The molecule has 2 aromatic carbocycles. The van der Waals surface area contributed by atoms with Crippen molar-refractivity contribution >= 4 is 46.5 Å². The predicted molar refractivity (Wildman–Crippen MR) is 125 cm³/mol. The minimum atomic E-state index is -0.469. The number of carbonyl (C=O) groups excluding carboxylic acids is 1. The van der Waals surface area contributed by atoms with Gasteiger partial charge in [-0.3, -0.25) is 9.48 Å². The summed E-state index contributed by atoms with van der Waals surface area (Å²) in [5, 5.41) is 8.34. The Bertz CT molecular complexity index is 1270. The number of rotatable bonds is 7. The summed E-state index contributed by atoms with van der Waals surface area (Å²) in [5.41, 5.74) is 1.83. The maximum atomic E-state index is 12.6. The number of hydrogen-bond acceptors (Lipinski definition) is 4. The Morgan fingerprint density at radius 1 is 1.09 bits per heavy atom. The van der Waals surface area contributed by atoms with Crippen LogP contribution in [0.15, 0.2) is 65.2 Å². The Morgan fingerprint density at radius 3 is 2.69 bits per heavy atom. The zero-order valence-corrected chi connectivity index (χ0v) is 19.2. The molecule has 0 aliphatic carbocycles. The van der Waals surface area contributed by atoms with Gasteiger partial charge in [0.05, 0.1) is 6.54 Å². The maximum Gasteiger partial charge on any atom is 0.292 e. The number of amides is 1. The van der Waals surface area contributed by atoms with E-state index in [4.69, 9.17) is 44.0 Å². The fourth-order valence-electron chi connectivity index (χ4n) is 3.00. The molecule has 0 spiro atoms. The molecule has 0 unspecified atom stereocenters. The molecule has 4 aromatic rings. The number of aryl methyl sites for hydroxylation is 1. The van der Waals surface area contributed by atoms with E-state index in [1.54, 1.807) is 35.1 Å². The van der Waals surface area contributed by atoms with Crippen LogP contribution in [0, 0.1) is 6.92 Å². The van der Waals surface area contributed by atoms with Crippen molar-refractivity contribution in [2.45, 2.75) is 20.1 Å². The van der Waals surface area contributed by atoms with E-state index in [0.29, 0.717) is 22.4 Å². The molecule has 32 heavy (non-hydrogen) atoms. The second-order valence-corrected chi connectivity index (χ2v) is 8.28. The third kappa shape index (κ3) is 5.27. The first kappa shape index (κ1) is 22.3. The van der Waals surface area contributed by atoms with Gasteiger partial charge in [-0.1, -0.05) is 59.1 Å². The van der Waals surface area contributed by atoms with Gasteiger partial charge in [-0.2, -0.15) is 5.10 Å². The first-order valence-corrected chi connectivity index (χ1v) is 10.8. The third-order valence-corrected chi connectivity index (χ3v) is 5.51. The molecule has 1 amide bonds. The van der Waals surface area contributed by atoms with Crippen LogP contribution in [0.25, 0.3) is 0 Å². The molecule has 4 rings (SSSR count). The van der Waals surface area contributed by atoms with Crippen LogP contribution in [-0.2, 0) is 13.2 Å². The molecule has 0 fully saturated rings. The van der Waals surface area contributed by atoms with Gasteiger partial charge in [0.15, 0.2) is 11.6 Å². The summed E-state index contributed by atoms with van der Waals surface area (Å²) < 4.78 is 12.9. The average Bonchev–Trinajstić information content (AvgIpc) is 3.36. The fourth-order valence-corrected chi connectivity index (χ4v) is 3.67. The quantitative estimate of drug-likeness (QED) is 0.316. The van der Waals surface area contributed by atoms with Gasteiger partial charge in [0.2, 0.25) is 0 Å². The van der Waals surface area contributed by atoms with Crippen molar-refractivity contribution < 1.29 is 13.9 Å². The van der Waals surface area contributed by atoms with Gasteiger partial charge < -0.3 is 14.5 Å². The Kier molecular flexibility index (Phi) is 6.74. The van der Waals surface area contributed by atoms with Crippen LogP contribution in [0.4, 0.5) is 5.82 Å². The molecule has 1 N–H and O–H groups in total. The molecule has 0 atom stereocenters. The highest BCUT2D eigenvalue weighted by molar-refractivity contribution is 6.35. The van der Waals surface area contributed by atoms with Gasteiger partial charge in [-0.15, -0.1) is 0 Å². The lowest BCUT2D eigenvalue weighted by Gasteiger charge is -2.06. The van der Waals surface area contributed by atoms with Crippen molar-refractivity contribution in [2.75, 3.05) is 5.32 Å². The van der Waals surface area contributed by atoms with Crippen molar-refractivity contribution in [3.63, 3.8) is 0 Å². The van der Waals surface area contributed by atoms with E-state index in [9.17, 15) is 4.79 Å². The van der Waals surface area contributed by atoms with Gasteiger partial charge >= 0.3 is 0 Å². The lowest BCUT2D eigenvalue weighted by molar-refractivity contribution is 0.0992. The number of carbonyl (C=O) groups is 1. The lowest BCUT2D eigenvalue weighted by Crippen LogP contribution is -2.12. The minimum absolute atomic E-state index is 0.125. The average molecular weight is 491 g/mol. The summed E-state index contributed by atoms with van der Waals surface area (Å²) >= 11 is 18.4. The number of furan rings is 1. The summed E-state index contributed by atoms with van der Waals surface area (Å²) in [6.07, 6.45) is 1.60. The Morgan fingerprint density at radius 2 is 1.91 bits per heavy atom. The summed E-state index contributed by atoms with van der Waals surface area (Å²) in [7, 11) is 0. The van der Waals surface area contributed by atoms with E-state index in [-0.39, 0.29) is 23.2 Å². The Balaban J connectivity index is 1.39. The zero-order valence-electron chi connectivity index (χ0n) is 16.9. The van der Waals surface area contributed by atoms with E-state index < -0.39 is 5.91 Å². The van der Waals surface area contributed by atoms with Crippen LogP contribution in [-0.4, -0.2) is 15.7 Å². The molecular weight excluding hydrogens is 473 g/mol. The van der Waals surface area contributed by atoms with E-state index in [1.165, 1.54) is 0 Å². The molecule has 0 saturated carbocycles. The number of para-hydroxylation sites is 1. The number of aromatic nitrogens is 2. The van der Waals surface area contributed by atoms with Crippen LogP contribution in [0.5, 0.6) is 5.75 Å². The SMILES string of the molecule is Cc1ccccc1OCc1ccc(C(=O)Nc2nn(Cc3ccc(Cl)cc3Cl)cc2Cl)o1. The van der Waals surface area contributed by atoms with E-state index in [1.807, 2.05) is 37.3 Å². The molecule has 0 bridgehead atoms. The van der Waals surface area contributed by atoms with Gasteiger partial charge in [0, 0.05) is 16.2 Å². The van der Waals surface area contributed by atoms with Crippen LogP contribution in [0.3, 0.4) is 0 Å². The number of anilines is 1. The van der Waals surface area contributed by atoms with Crippen LogP contribution < -0.4 is 10.1 Å². The molecule has 0 radical (unpaired) electrons. The second-order valence-electron chi connectivity index (χ2n) is 7.03. The van der Waals surface area contributed by atoms with Gasteiger partial charge in [0.25, 0.3) is 5.91 Å². The summed E-state index contributed by atoms with van der Waals surface area (Å²) in [5.74, 6) is 1.15. The molecule has 0 aliphatic heterocycles. The third-order valence-electron chi connectivity index (χ3n) is 4.65. The highest BCUT2D eigenvalue weighted by Crippen LogP contribution is 2.25. The maximum absolute atomic E-state index is 12.6. The molecular formula is C23H18Cl3N3O3. The molecule has 9 heteroatoms. The monoisotopic (exact) mass is 489 g/mol. The Hall–Kier alpha value is -2.93. The molecule has 0 saturated heterocycles. The second kappa shape index (κ2) is 9.69. The summed E-state index contributed by atoms with van der Waals surface area (Å²) in [6, 6.07) is 16.1. The predicted octanol–water partition coefficient (Wildman–Crippen LogP) is 6.62. The molecule has 0 aliphatic rings. The molecule has 6 nitrogen and oxygen atoms in total. The lowest BCUT2D eigenvalue weighted by atomic mass is 10.2. The molecule has 2 aromatic heterocycles. The van der Waals surface area contributed by atoms with Crippen LogP contribution >= 0.6 is 34.8 Å². The first-order chi connectivity index (χ1) is 15.4. The number of benzene rings is 2. The van der Waals surface area contributed by atoms with Gasteiger partial charge in [-0.25, -0.2) is 0 Å². The van der Waals surface area contributed by atoms with Crippen molar-refractivity contribution in [1.82, 2.24) is 9.78 Å². The first-order valence-electron chi connectivity index (χ1n) is 9.64. The zero-order chi connectivity index (χ0) is 22.7. The number of nitrogens with zero attached hydrogens (tertiary/aromatic N) is 2. The van der Waals surface area contributed by atoms with Crippen molar-refractivity contribution in [2.24, 2.45) is 0 Å². The number of nitrogens with one attached hydrogen (secondary N) is 1. The summed E-state index contributed by atoms with van der Waals surface area (Å²) in [4.78, 5) is 12.6. The molecule has 164 valence electrons. The van der Waals surface area contributed by atoms with Gasteiger partial charge in [0.1, 0.15) is 23.1 Å². The number of hydrogen-bond donors (Lipinski definition) is 1. The molecule has 2 heterocycles. The van der Waals surface area contributed by atoms with Crippen molar-refractivity contribution in [3.05, 3.63) is 98.5 Å². The number of halogens is 3. The smallest absolute Gasteiger partial charge is 0.292 e. The van der Waals surface area contributed by atoms with E-state index >= 15 is 0 Å². The van der Waals surface area contributed by atoms with E-state index in [0.717, 1.165) is 16.9 Å². The minimum Gasteiger partial charge on any atom is -0.485 e. The van der Waals surface area contributed by atoms with Crippen LogP contribution in [0.1, 0.15) is 27.4 Å². The highest BCUT2D eigenvalue weighted by Gasteiger charge is 2.16. The van der Waals surface area contributed by atoms with Crippen LogP contribution in [0.2, 0.25) is 15.1 Å². The van der Waals surface area contributed by atoms with E-state index in [2.05, 4.69) is 10.4 Å². The highest BCUT2D eigenvalue weighted by atomic mass is 35.5. The largest absolute Gasteiger partial charge is 0.485 e. The Labute approximate surface area is 199 Å². The number of ether oxygens (including phenoxy) is 1. The normalized spacial score (nSPS) is 10.9. The standard InChI is InChI=1S/C23H18Cl3N3O3/c1-14-4-2-3-5-20(14)31-13-17-8-9-21(32-17)23(30)27-22-19(26)12-29(28-22)11-15-6-7-16(24)10-18(15)25/h2-10,12H,11,13H2,1H3,(H,27,28,30). The van der Waals surface area contributed by atoms with Crippen molar-refractivity contribution in [1.29, 1.82) is 0 Å². The topological polar surface area (TPSA) is 69.3 Å². The van der Waals surface area contributed by atoms with Gasteiger partial charge in [-0.05, 0) is 48.4 Å².